The van der Waals surface area contributed by atoms with E-state index in [1.54, 1.807) is 6.20 Å². The molecule has 2 saturated heterocycles. The lowest BCUT2D eigenvalue weighted by molar-refractivity contribution is 0.0884. The second-order valence-corrected chi connectivity index (χ2v) is 7.88. The van der Waals surface area contributed by atoms with Crippen molar-refractivity contribution in [3.63, 3.8) is 0 Å². The third kappa shape index (κ3) is 2.82. The zero-order valence-corrected chi connectivity index (χ0v) is 15.8. The SMILES string of the molecule is CN1[C@@H]2CC[C@H]1CC(NC(=O)c1c[nH]n3c(=O)cc(-c4ccccc4)nc13)C2. The smallest absolute Gasteiger partial charge is 0.273 e. The van der Waals surface area contributed by atoms with Crippen LogP contribution in [0.2, 0.25) is 0 Å². The number of carbonyl (C=O) groups is 1. The topological polar surface area (TPSA) is 82.5 Å². The fraction of sp³-hybridized carbons (Fsp3) is 0.381. The molecule has 1 amide bonds. The normalized spacial score (nSPS) is 24.5. The van der Waals surface area contributed by atoms with Crippen LogP contribution in [-0.4, -0.2) is 50.6 Å². The summed E-state index contributed by atoms with van der Waals surface area (Å²) in [6, 6.07) is 12.3. The Balaban J connectivity index is 1.45. The number of nitrogens with zero attached hydrogens (tertiary/aromatic N) is 3. The quantitative estimate of drug-likeness (QED) is 0.732. The average Bonchev–Trinajstić information content (AvgIpc) is 3.20. The third-order valence-corrected chi connectivity index (χ3v) is 6.25. The summed E-state index contributed by atoms with van der Waals surface area (Å²) in [4.78, 5) is 32.5. The number of piperidine rings is 1. The van der Waals surface area contributed by atoms with E-state index in [0.717, 1.165) is 18.4 Å². The number of fused-ring (bicyclic) bond motifs is 3. The van der Waals surface area contributed by atoms with Gasteiger partial charge < -0.3 is 10.2 Å². The zero-order chi connectivity index (χ0) is 19.3. The molecule has 0 spiro atoms. The van der Waals surface area contributed by atoms with Crippen LogP contribution in [-0.2, 0) is 0 Å². The number of hydrogen-bond acceptors (Lipinski definition) is 4. The first-order chi connectivity index (χ1) is 13.6. The Morgan fingerprint density at radius 1 is 1.18 bits per heavy atom. The predicted octanol–water partition coefficient (Wildman–Crippen LogP) is 2.04. The van der Waals surface area contributed by atoms with Crippen molar-refractivity contribution in [2.24, 2.45) is 0 Å². The van der Waals surface area contributed by atoms with Crippen molar-refractivity contribution in [2.45, 2.75) is 43.8 Å². The van der Waals surface area contributed by atoms with Gasteiger partial charge in [-0.15, -0.1) is 0 Å². The summed E-state index contributed by atoms with van der Waals surface area (Å²) >= 11 is 0. The molecule has 0 saturated carbocycles. The molecule has 3 atom stereocenters. The fourth-order valence-corrected chi connectivity index (χ4v) is 4.70. The molecule has 1 unspecified atom stereocenters. The molecular formula is C21H23N5O2. The molecule has 5 rings (SSSR count). The lowest BCUT2D eigenvalue weighted by Gasteiger charge is -2.36. The molecule has 2 fully saturated rings. The van der Waals surface area contributed by atoms with Gasteiger partial charge in [0.1, 0.15) is 5.56 Å². The Morgan fingerprint density at radius 2 is 1.89 bits per heavy atom. The van der Waals surface area contributed by atoms with Crippen LogP contribution in [0.15, 0.2) is 47.4 Å². The van der Waals surface area contributed by atoms with Crippen LogP contribution in [0.5, 0.6) is 0 Å². The summed E-state index contributed by atoms with van der Waals surface area (Å²) < 4.78 is 1.32. The van der Waals surface area contributed by atoms with Gasteiger partial charge in [-0.3, -0.25) is 14.7 Å². The molecule has 4 heterocycles. The Hall–Kier alpha value is -2.93. The van der Waals surface area contributed by atoms with Gasteiger partial charge in [0.25, 0.3) is 11.5 Å². The number of rotatable bonds is 3. The van der Waals surface area contributed by atoms with Gasteiger partial charge in [0, 0.05) is 36.0 Å². The van der Waals surface area contributed by atoms with Gasteiger partial charge in [-0.1, -0.05) is 30.3 Å². The first-order valence-electron chi connectivity index (χ1n) is 9.79. The summed E-state index contributed by atoms with van der Waals surface area (Å²) in [5.74, 6) is -0.176. The average molecular weight is 377 g/mol. The Labute approximate surface area is 162 Å². The second-order valence-electron chi connectivity index (χ2n) is 7.88. The Bertz CT molecular complexity index is 1070. The highest BCUT2D eigenvalue weighted by molar-refractivity contribution is 6.00. The van der Waals surface area contributed by atoms with Crippen molar-refractivity contribution < 1.29 is 4.79 Å². The van der Waals surface area contributed by atoms with Gasteiger partial charge in [0.2, 0.25) is 0 Å². The summed E-state index contributed by atoms with van der Waals surface area (Å²) in [6.07, 6.45) is 5.93. The Kier molecular flexibility index (Phi) is 4.05. The minimum atomic E-state index is -0.236. The van der Waals surface area contributed by atoms with Crippen LogP contribution in [0, 0.1) is 0 Å². The summed E-state index contributed by atoms with van der Waals surface area (Å²) in [5, 5.41) is 6.04. The molecule has 2 aliphatic rings. The maximum Gasteiger partial charge on any atom is 0.273 e. The number of benzene rings is 1. The van der Waals surface area contributed by atoms with E-state index in [2.05, 4.69) is 27.3 Å². The lowest BCUT2D eigenvalue weighted by atomic mass is 9.98. The maximum atomic E-state index is 13.0. The monoisotopic (exact) mass is 377 g/mol. The molecule has 0 aliphatic carbocycles. The van der Waals surface area contributed by atoms with Crippen molar-refractivity contribution in [1.82, 2.24) is 24.8 Å². The van der Waals surface area contributed by atoms with E-state index in [0.29, 0.717) is 29.0 Å². The standard InChI is InChI=1S/C21H23N5O2/c1-25-15-7-8-16(25)10-14(9-15)23-21(28)17-12-22-26-19(27)11-18(24-20(17)26)13-5-3-2-4-6-13/h2-6,11-12,14-16,22H,7-10H2,1H3,(H,23,28)/t14?,15-,16+. The fourth-order valence-electron chi connectivity index (χ4n) is 4.70. The van der Waals surface area contributed by atoms with Gasteiger partial charge in [0.05, 0.1) is 5.69 Å². The molecular weight excluding hydrogens is 354 g/mol. The van der Waals surface area contributed by atoms with Crippen LogP contribution in [0.4, 0.5) is 0 Å². The molecule has 28 heavy (non-hydrogen) atoms. The van der Waals surface area contributed by atoms with Gasteiger partial charge in [-0.05, 0) is 32.7 Å². The van der Waals surface area contributed by atoms with Crippen LogP contribution >= 0.6 is 0 Å². The zero-order valence-electron chi connectivity index (χ0n) is 15.8. The summed E-state index contributed by atoms with van der Waals surface area (Å²) in [7, 11) is 2.18. The lowest BCUT2D eigenvalue weighted by Crippen LogP contribution is -2.48. The van der Waals surface area contributed by atoms with Crippen molar-refractivity contribution in [3.05, 3.63) is 58.5 Å². The number of hydrogen-bond donors (Lipinski definition) is 2. The molecule has 7 heteroatoms. The van der Waals surface area contributed by atoms with E-state index in [4.69, 9.17) is 0 Å². The van der Waals surface area contributed by atoms with Gasteiger partial charge in [0.15, 0.2) is 5.65 Å². The maximum absolute atomic E-state index is 13.0. The molecule has 7 nitrogen and oxygen atoms in total. The van der Waals surface area contributed by atoms with Crippen molar-refractivity contribution in [2.75, 3.05) is 7.05 Å². The molecule has 144 valence electrons. The predicted molar refractivity (Wildman–Crippen MR) is 106 cm³/mol. The van der Waals surface area contributed by atoms with E-state index in [1.165, 1.54) is 23.4 Å². The molecule has 1 aromatic carbocycles. The van der Waals surface area contributed by atoms with E-state index in [1.807, 2.05) is 30.3 Å². The van der Waals surface area contributed by atoms with Crippen LogP contribution in [0.25, 0.3) is 16.9 Å². The first kappa shape index (κ1) is 17.2. The van der Waals surface area contributed by atoms with Crippen molar-refractivity contribution >= 4 is 11.6 Å². The van der Waals surface area contributed by atoms with Crippen LogP contribution in [0.3, 0.4) is 0 Å². The number of nitrogens with one attached hydrogen (secondary N) is 2. The molecule has 2 aliphatic heterocycles. The molecule has 2 bridgehead atoms. The summed E-state index contributed by atoms with van der Waals surface area (Å²) in [6.45, 7) is 0. The van der Waals surface area contributed by atoms with Crippen LogP contribution in [0.1, 0.15) is 36.0 Å². The summed E-state index contributed by atoms with van der Waals surface area (Å²) in [5.41, 5.74) is 1.94. The van der Waals surface area contributed by atoms with E-state index >= 15 is 0 Å². The highest BCUT2D eigenvalue weighted by Gasteiger charge is 2.39. The largest absolute Gasteiger partial charge is 0.349 e. The molecule has 2 N–H and O–H groups in total. The highest BCUT2D eigenvalue weighted by atomic mass is 16.2. The minimum Gasteiger partial charge on any atom is -0.349 e. The number of aromatic amines is 1. The third-order valence-electron chi connectivity index (χ3n) is 6.25. The number of amides is 1. The van der Waals surface area contributed by atoms with Crippen molar-refractivity contribution in [3.8, 4) is 11.3 Å². The number of aromatic nitrogens is 3. The van der Waals surface area contributed by atoms with E-state index in [9.17, 15) is 9.59 Å². The molecule has 3 aromatic rings. The highest BCUT2D eigenvalue weighted by Crippen LogP contribution is 2.34. The van der Waals surface area contributed by atoms with Crippen LogP contribution < -0.4 is 10.9 Å². The van der Waals surface area contributed by atoms with E-state index in [-0.39, 0.29) is 17.5 Å². The van der Waals surface area contributed by atoms with Gasteiger partial charge >= 0.3 is 0 Å². The Morgan fingerprint density at radius 3 is 2.61 bits per heavy atom. The number of H-pyrrole nitrogens is 1. The minimum absolute atomic E-state index is 0.167. The van der Waals surface area contributed by atoms with E-state index < -0.39 is 0 Å². The van der Waals surface area contributed by atoms with Gasteiger partial charge in [-0.25, -0.2) is 9.50 Å². The molecule has 2 aromatic heterocycles. The second kappa shape index (κ2) is 6.60. The molecule has 0 radical (unpaired) electrons. The number of carbonyl (C=O) groups excluding carboxylic acids is 1. The van der Waals surface area contributed by atoms with Gasteiger partial charge in [-0.2, -0.15) is 0 Å². The first-order valence-corrected chi connectivity index (χ1v) is 9.79. The van der Waals surface area contributed by atoms with Crippen molar-refractivity contribution in [1.29, 1.82) is 0 Å².